The molecule has 0 saturated heterocycles. The summed E-state index contributed by atoms with van der Waals surface area (Å²) in [7, 11) is -2.06. The van der Waals surface area contributed by atoms with Crippen molar-refractivity contribution in [1.29, 1.82) is 0 Å². The lowest BCUT2D eigenvalue weighted by Crippen LogP contribution is -2.36. The van der Waals surface area contributed by atoms with Gasteiger partial charge in [0.2, 0.25) is 10.0 Å². The molecule has 1 atom stereocenters. The number of hydrogen-bond acceptors (Lipinski definition) is 5. The van der Waals surface area contributed by atoms with Gasteiger partial charge >= 0.3 is 0 Å². The molecule has 0 spiro atoms. The summed E-state index contributed by atoms with van der Waals surface area (Å²) in [6.07, 6.45) is 0.759. The Hall–Kier alpha value is -0.960. The SMILES string of the molecule is COCC(C)NS(=O)(=O)c1c(C)nn(CCCN)c1C. The smallest absolute Gasteiger partial charge is 0.244 e. The molecule has 0 saturated carbocycles. The average molecular weight is 304 g/mol. The molecule has 1 aromatic rings. The molecule has 0 aliphatic heterocycles. The zero-order valence-corrected chi connectivity index (χ0v) is 13.3. The first-order chi connectivity index (χ1) is 9.33. The number of aryl methyl sites for hydroxylation is 2. The highest BCUT2D eigenvalue weighted by Gasteiger charge is 2.25. The lowest BCUT2D eigenvalue weighted by Gasteiger charge is -2.13. The van der Waals surface area contributed by atoms with Crippen molar-refractivity contribution in [1.82, 2.24) is 14.5 Å². The molecule has 0 aliphatic rings. The van der Waals surface area contributed by atoms with Gasteiger partial charge in [-0.25, -0.2) is 13.1 Å². The molecule has 0 bridgehead atoms. The molecule has 1 aromatic heterocycles. The second-order valence-corrected chi connectivity index (χ2v) is 6.49. The molecule has 1 rings (SSSR count). The molecule has 20 heavy (non-hydrogen) atoms. The van der Waals surface area contributed by atoms with Crippen LogP contribution in [-0.4, -0.2) is 44.5 Å². The molecule has 1 unspecified atom stereocenters. The number of nitrogens with zero attached hydrogens (tertiary/aromatic N) is 2. The van der Waals surface area contributed by atoms with E-state index in [0.717, 1.165) is 6.42 Å². The topological polar surface area (TPSA) is 99.2 Å². The van der Waals surface area contributed by atoms with Gasteiger partial charge in [-0.1, -0.05) is 0 Å². The van der Waals surface area contributed by atoms with Gasteiger partial charge in [0, 0.05) is 19.7 Å². The maximum atomic E-state index is 12.4. The summed E-state index contributed by atoms with van der Waals surface area (Å²) in [6.45, 7) is 6.69. The van der Waals surface area contributed by atoms with Gasteiger partial charge in [-0.3, -0.25) is 4.68 Å². The Balaban J connectivity index is 3.03. The summed E-state index contributed by atoms with van der Waals surface area (Å²) in [6, 6.07) is -0.295. The van der Waals surface area contributed by atoms with Crippen LogP contribution in [0.4, 0.5) is 0 Å². The number of aromatic nitrogens is 2. The third-order valence-corrected chi connectivity index (χ3v) is 4.77. The van der Waals surface area contributed by atoms with Gasteiger partial charge in [0.05, 0.1) is 18.0 Å². The summed E-state index contributed by atoms with van der Waals surface area (Å²) in [5.41, 5.74) is 6.60. The van der Waals surface area contributed by atoms with Crippen LogP contribution in [0.1, 0.15) is 24.7 Å². The van der Waals surface area contributed by atoms with Crippen molar-refractivity contribution in [2.45, 2.75) is 44.7 Å². The average Bonchev–Trinajstić information content (AvgIpc) is 2.61. The number of nitrogens with one attached hydrogen (secondary N) is 1. The van der Waals surface area contributed by atoms with E-state index in [-0.39, 0.29) is 10.9 Å². The first-order valence-corrected chi connectivity index (χ1v) is 8.07. The number of nitrogens with two attached hydrogens (primary N) is 1. The lowest BCUT2D eigenvalue weighted by molar-refractivity contribution is 0.180. The van der Waals surface area contributed by atoms with Crippen LogP contribution in [0.25, 0.3) is 0 Å². The molecule has 0 aromatic carbocycles. The number of hydrogen-bond donors (Lipinski definition) is 2. The Morgan fingerprint density at radius 2 is 2.10 bits per heavy atom. The zero-order chi connectivity index (χ0) is 15.3. The monoisotopic (exact) mass is 304 g/mol. The summed E-state index contributed by atoms with van der Waals surface area (Å²) >= 11 is 0. The van der Waals surface area contributed by atoms with Crippen LogP contribution in [-0.2, 0) is 21.3 Å². The fourth-order valence-corrected chi connectivity index (χ4v) is 3.78. The highest BCUT2D eigenvalue weighted by molar-refractivity contribution is 7.89. The third-order valence-electron chi connectivity index (χ3n) is 2.93. The molecule has 0 fully saturated rings. The van der Waals surface area contributed by atoms with Gasteiger partial charge in [0.15, 0.2) is 0 Å². The number of ether oxygens (including phenoxy) is 1. The van der Waals surface area contributed by atoms with Crippen molar-refractivity contribution in [3.8, 4) is 0 Å². The maximum absolute atomic E-state index is 12.4. The van der Waals surface area contributed by atoms with Crippen LogP contribution in [0.15, 0.2) is 4.90 Å². The van der Waals surface area contributed by atoms with Crippen LogP contribution in [0.2, 0.25) is 0 Å². The first kappa shape index (κ1) is 17.1. The van der Waals surface area contributed by atoms with Crippen LogP contribution < -0.4 is 10.5 Å². The van der Waals surface area contributed by atoms with Gasteiger partial charge in [-0.2, -0.15) is 5.10 Å². The standard InChI is InChI=1S/C12H24N4O3S/c1-9(8-19-4)15-20(17,18)12-10(2)14-16(11(12)3)7-5-6-13/h9,15H,5-8,13H2,1-4H3. The highest BCUT2D eigenvalue weighted by atomic mass is 32.2. The Kier molecular flexibility index (Phi) is 6.12. The Bertz CT molecular complexity index is 539. The molecule has 1 heterocycles. The van der Waals surface area contributed by atoms with Crippen molar-refractivity contribution in [3.05, 3.63) is 11.4 Å². The third kappa shape index (κ3) is 4.02. The largest absolute Gasteiger partial charge is 0.383 e. The summed E-state index contributed by atoms with van der Waals surface area (Å²) < 4.78 is 34.0. The van der Waals surface area contributed by atoms with Gasteiger partial charge in [0.25, 0.3) is 0 Å². The number of methoxy groups -OCH3 is 1. The predicted molar refractivity (Wildman–Crippen MR) is 77.0 cm³/mol. The van der Waals surface area contributed by atoms with Crippen LogP contribution in [0.5, 0.6) is 0 Å². The molecular formula is C12H24N4O3S. The van der Waals surface area contributed by atoms with Crippen LogP contribution in [0, 0.1) is 13.8 Å². The number of rotatable bonds is 8. The van der Waals surface area contributed by atoms with E-state index >= 15 is 0 Å². The summed E-state index contributed by atoms with van der Waals surface area (Å²) in [5.74, 6) is 0. The van der Waals surface area contributed by atoms with Crippen molar-refractivity contribution in [2.24, 2.45) is 5.73 Å². The van der Waals surface area contributed by atoms with E-state index in [2.05, 4.69) is 9.82 Å². The van der Waals surface area contributed by atoms with E-state index in [4.69, 9.17) is 10.5 Å². The Morgan fingerprint density at radius 1 is 1.45 bits per heavy atom. The molecular weight excluding hydrogens is 280 g/mol. The first-order valence-electron chi connectivity index (χ1n) is 6.58. The highest BCUT2D eigenvalue weighted by Crippen LogP contribution is 2.19. The second-order valence-electron chi connectivity index (χ2n) is 4.84. The van der Waals surface area contributed by atoms with Crippen molar-refractivity contribution in [2.75, 3.05) is 20.3 Å². The fourth-order valence-electron chi connectivity index (χ4n) is 2.14. The minimum Gasteiger partial charge on any atom is -0.383 e. The summed E-state index contributed by atoms with van der Waals surface area (Å²) in [5, 5.41) is 4.28. The Labute approximate surface area is 120 Å². The van der Waals surface area contributed by atoms with Crippen LogP contribution >= 0.6 is 0 Å². The zero-order valence-electron chi connectivity index (χ0n) is 12.5. The second kappa shape index (κ2) is 7.16. The quantitative estimate of drug-likeness (QED) is 0.713. The minimum absolute atomic E-state index is 0.248. The van der Waals surface area contributed by atoms with Gasteiger partial charge < -0.3 is 10.5 Å². The number of sulfonamides is 1. The van der Waals surface area contributed by atoms with E-state index in [0.29, 0.717) is 31.1 Å². The predicted octanol–water partition coefficient (Wildman–Crippen LogP) is 0.162. The van der Waals surface area contributed by atoms with E-state index in [1.54, 1.807) is 25.5 Å². The molecule has 0 aliphatic carbocycles. The Morgan fingerprint density at radius 3 is 2.65 bits per heavy atom. The molecule has 0 radical (unpaired) electrons. The minimum atomic E-state index is -3.59. The van der Waals surface area contributed by atoms with Gasteiger partial charge in [0.1, 0.15) is 4.90 Å². The fraction of sp³-hybridized carbons (Fsp3) is 0.750. The molecule has 8 heteroatoms. The van der Waals surface area contributed by atoms with E-state index in [9.17, 15) is 8.42 Å². The van der Waals surface area contributed by atoms with Gasteiger partial charge in [-0.05, 0) is 33.7 Å². The molecule has 3 N–H and O–H groups in total. The molecule has 0 amide bonds. The molecule has 116 valence electrons. The maximum Gasteiger partial charge on any atom is 0.244 e. The molecule has 7 nitrogen and oxygen atoms in total. The lowest BCUT2D eigenvalue weighted by atomic mass is 10.4. The van der Waals surface area contributed by atoms with E-state index in [1.807, 2.05) is 0 Å². The van der Waals surface area contributed by atoms with Gasteiger partial charge in [-0.15, -0.1) is 0 Å². The van der Waals surface area contributed by atoms with E-state index < -0.39 is 10.0 Å². The summed E-state index contributed by atoms with van der Waals surface area (Å²) in [4.78, 5) is 0.248. The normalized spacial score (nSPS) is 13.7. The van der Waals surface area contributed by atoms with E-state index in [1.165, 1.54) is 7.11 Å². The van der Waals surface area contributed by atoms with Crippen molar-refractivity contribution >= 4 is 10.0 Å². The van der Waals surface area contributed by atoms with Crippen LogP contribution in [0.3, 0.4) is 0 Å². The van der Waals surface area contributed by atoms with Crippen molar-refractivity contribution < 1.29 is 13.2 Å². The van der Waals surface area contributed by atoms with Crippen molar-refractivity contribution in [3.63, 3.8) is 0 Å².